The van der Waals surface area contributed by atoms with Gasteiger partial charge >= 0.3 is 0 Å². The molecule has 0 atom stereocenters. The van der Waals surface area contributed by atoms with Crippen molar-refractivity contribution >= 4 is 29.3 Å². The summed E-state index contributed by atoms with van der Waals surface area (Å²) in [5.74, 6) is 1.47. The van der Waals surface area contributed by atoms with E-state index in [1.807, 2.05) is 55.5 Å². The second kappa shape index (κ2) is 10.9. The van der Waals surface area contributed by atoms with Crippen LogP contribution in [0, 0.1) is 6.92 Å². The van der Waals surface area contributed by atoms with Gasteiger partial charge in [0, 0.05) is 53.2 Å². The molecule has 8 heteroatoms. The zero-order valence-corrected chi connectivity index (χ0v) is 19.6. The van der Waals surface area contributed by atoms with Crippen molar-refractivity contribution in [2.45, 2.75) is 6.92 Å². The van der Waals surface area contributed by atoms with Crippen LogP contribution >= 0.6 is 0 Å². The Bertz CT molecular complexity index is 1360. The van der Waals surface area contributed by atoms with Crippen LogP contribution in [0.25, 0.3) is 17.3 Å². The number of nitrogens with zero attached hydrogens (tertiary/aromatic N) is 3. The highest BCUT2D eigenvalue weighted by atomic mass is 16.5. The fraction of sp³-hybridized carbons (Fsp3) is 0.111. The highest BCUT2D eigenvalue weighted by molar-refractivity contribution is 6.02. The Morgan fingerprint density at radius 3 is 2.66 bits per heavy atom. The van der Waals surface area contributed by atoms with Crippen molar-refractivity contribution in [1.82, 2.24) is 15.0 Å². The fourth-order valence-corrected chi connectivity index (χ4v) is 3.35. The first-order valence-electron chi connectivity index (χ1n) is 10.9. The summed E-state index contributed by atoms with van der Waals surface area (Å²) in [4.78, 5) is 25.6. The maximum atomic E-state index is 12.6. The van der Waals surface area contributed by atoms with E-state index in [1.54, 1.807) is 45.0 Å². The molecule has 0 fully saturated rings. The SMILES string of the molecule is COc1ccc(/C=C/C(=O)Nc2ccc(C)c(Nc3nccc(-c4cccnc4)n3)c2)c(OC)c1. The fourth-order valence-electron chi connectivity index (χ4n) is 3.35. The molecule has 2 aromatic heterocycles. The number of rotatable bonds is 8. The average Bonchev–Trinajstić information content (AvgIpc) is 2.90. The number of benzene rings is 2. The second-order valence-corrected chi connectivity index (χ2v) is 7.59. The minimum Gasteiger partial charge on any atom is -0.497 e. The molecule has 35 heavy (non-hydrogen) atoms. The predicted octanol–water partition coefficient (Wildman–Crippen LogP) is 5.26. The number of pyridine rings is 1. The molecule has 1 amide bonds. The van der Waals surface area contributed by atoms with E-state index in [0.717, 1.165) is 28.1 Å². The highest BCUT2D eigenvalue weighted by Gasteiger charge is 2.08. The van der Waals surface area contributed by atoms with E-state index in [0.29, 0.717) is 23.1 Å². The molecule has 2 aromatic carbocycles. The Kier molecular flexibility index (Phi) is 7.32. The molecule has 8 nitrogen and oxygen atoms in total. The molecule has 2 heterocycles. The minimum atomic E-state index is -0.271. The molecule has 0 aliphatic heterocycles. The van der Waals surface area contributed by atoms with Crippen molar-refractivity contribution in [3.8, 4) is 22.8 Å². The molecule has 0 aliphatic carbocycles. The Morgan fingerprint density at radius 2 is 1.89 bits per heavy atom. The van der Waals surface area contributed by atoms with Crippen molar-refractivity contribution in [2.24, 2.45) is 0 Å². The summed E-state index contributed by atoms with van der Waals surface area (Å²) in [6.45, 7) is 1.97. The van der Waals surface area contributed by atoms with E-state index in [4.69, 9.17) is 9.47 Å². The van der Waals surface area contributed by atoms with Gasteiger partial charge in [-0.25, -0.2) is 9.97 Å². The van der Waals surface area contributed by atoms with E-state index in [1.165, 1.54) is 6.08 Å². The van der Waals surface area contributed by atoms with Gasteiger partial charge in [-0.2, -0.15) is 0 Å². The van der Waals surface area contributed by atoms with E-state index in [-0.39, 0.29) is 5.91 Å². The molecule has 0 radical (unpaired) electrons. The summed E-state index contributed by atoms with van der Waals surface area (Å²) < 4.78 is 10.6. The van der Waals surface area contributed by atoms with Crippen molar-refractivity contribution in [3.63, 3.8) is 0 Å². The third-order valence-electron chi connectivity index (χ3n) is 5.22. The lowest BCUT2D eigenvalue weighted by Crippen LogP contribution is -2.08. The number of amides is 1. The molecule has 2 N–H and O–H groups in total. The van der Waals surface area contributed by atoms with Crippen LogP contribution in [0.5, 0.6) is 11.5 Å². The van der Waals surface area contributed by atoms with Crippen LogP contribution in [0.15, 0.2) is 79.3 Å². The molecule has 0 aliphatic rings. The van der Waals surface area contributed by atoms with Gasteiger partial charge in [-0.15, -0.1) is 0 Å². The first kappa shape index (κ1) is 23.4. The lowest BCUT2D eigenvalue weighted by Gasteiger charge is -2.11. The number of aromatic nitrogens is 3. The molecule has 176 valence electrons. The van der Waals surface area contributed by atoms with Crippen LogP contribution in [-0.2, 0) is 4.79 Å². The molecule has 0 saturated carbocycles. The number of hydrogen-bond acceptors (Lipinski definition) is 7. The molecule has 4 rings (SSSR count). The van der Waals surface area contributed by atoms with Crippen LogP contribution in [0.1, 0.15) is 11.1 Å². The summed E-state index contributed by atoms with van der Waals surface area (Å²) >= 11 is 0. The number of carbonyl (C=O) groups excluding carboxylic acids is 1. The predicted molar refractivity (Wildman–Crippen MR) is 137 cm³/mol. The van der Waals surface area contributed by atoms with Crippen molar-refractivity contribution in [2.75, 3.05) is 24.9 Å². The zero-order chi connectivity index (χ0) is 24.6. The zero-order valence-electron chi connectivity index (χ0n) is 19.6. The standard InChI is InChI=1S/C27H25N5O3/c1-18-6-9-21(30-26(33)11-8-19-7-10-22(34-2)16-25(19)35-3)15-24(18)32-27-29-14-12-23(31-27)20-5-4-13-28-17-20/h4-17H,1-3H3,(H,30,33)(H,29,31,32)/b11-8+. The number of ether oxygens (including phenoxy) is 2. The summed E-state index contributed by atoms with van der Waals surface area (Å²) in [5.41, 5.74) is 4.83. The first-order chi connectivity index (χ1) is 17.1. The molecule has 0 spiro atoms. The Hall–Kier alpha value is -4.72. The molecule has 4 aromatic rings. The minimum absolute atomic E-state index is 0.271. The third-order valence-corrected chi connectivity index (χ3v) is 5.22. The summed E-state index contributed by atoms with van der Waals surface area (Å²) in [6.07, 6.45) is 8.31. The molecule has 0 unspecified atom stereocenters. The smallest absolute Gasteiger partial charge is 0.248 e. The number of carbonyl (C=O) groups is 1. The van der Waals surface area contributed by atoms with Crippen LogP contribution < -0.4 is 20.1 Å². The first-order valence-corrected chi connectivity index (χ1v) is 10.9. The third kappa shape index (κ3) is 6.00. The Morgan fingerprint density at radius 1 is 1.00 bits per heavy atom. The highest BCUT2D eigenvalue weighted by Crippen LogP contribution is 2.26. The van der Waals surface area contributed by atoms with Gasteiger partial charge in [0.25, 0.3) is 0 Å². The van der Waals surface area contributed by atoms with Gasteiger partial charge in [-0.1, -0.05) is 6.07 Å². The number of anilines is 3. The number of methoxy groups -OCH3 is 2. The van der Waals surface area contributed by atoms with Crippen molar-refractivity contribution < 1.29 is 14.3 Å². The quantitative estimate of drug-likeness (QED) is 0.341. The van der Waals surface area contributed by atoms with E-state index >= 15 is 0 Å². The molecule has 0 saturated heterocycles. The van der Waals surface area contributed by atoms with Gasteiger partial charge in [-0.05, 0) is 61.0 Å². The maximum absolute atomic E-state index is 12.6. The van der Waals surface area contributed by atoms with Gasteiger partial charge in [0.15, 0.2) is 0 Å². The monoisotopic (exact) mass is 467 g/mol. The number of aryl methyl sites for hydroxylation is 1. The van der Waals surface area contributed by atoms with Crippen molar-refractivity contribution in [1.29, 1.82) is 0 Å². The lowest BCUT2D eigenvalue weighted by atomic mass is 10.1. The van der Waals surface area contributed by atoms with Crippen LogP contribution in [0.3, 0.4) is 0 Å². The molecule has 0 bridgehead atoms. The van der Waals surface area contributed by atoms with Crippen LogP contribution in [0.4, 0.5) is 17.3 Å². The van der Waals surface area contributed by atoms with Crippen molar-refractivity contribution in [3.05, 3.63) is 90.4 Å². The second-order valence-electron chi connectivity index (χ2n) is 7.59. The maximum Gasteiger partial charge on any atom is 0.248 e. The summed E-state index contributed by atoms with van der Waals surface area (Å²) in [6, 6.07) is 16.6. The molecular weight excluding hydrogens is 442 g/mol. The normalized spacial score (nSPS) is 10.7. The summed E-state index contributed by atoms with van der Waals surface area (Å²) in [5, 5.41) is 6.12. The van der Waals surface area contributed by atoms with Gasteiger partial charge in [-0.3, -0.25) is 9.78 Å². The van der Waals surface area contributed by atoms with Gasteiger partial charge < -0.3 is 20.1 Å². The Balaban J connectivity index is 1.47. The Labute approximate surface area is 203 Å². The lowest BCUT2D eigenvalue weighted by molar-refractivity contribution is -0.111. The number of nitrogens with one attached hydrogen (secondary N) is 2. The largest absolute Gasteiger partial charge is 0.497 e. The average molecular weight is 468 g/mol. The van der Waals surface area contributed by atoms with E-state index < -0.39 is 0 Å². The van der Waals surface area contributed by atoms with Crippen LogP contribution in [-0.4, -0.2) is 35.1 Å². The number of hydrogen-bond donors (Lipinski definition) is 2. The van der Waals surface area contributed by atoms with Gasteiger partial charge in [0.05, 0.1) is 19.9 Å². The van der Waals surface area contributed by atoms with E-state index in [2.05, 4.69) is 25.6 Å². The van der Waals surface area contributed by atoms with Gasteiger partial charge in [0.1, 0.15) is 11.5 Å². The topological polar surface area (TPSA) is 98.3 Å². The summed E-state index contributed by atoms with van der Waals surface area (Å²) in [7, 11) is 3.16. The van der Waals surface area contributed by atoms with Crippen LogP contribution in [0.2, 0.25) is 0 Å². The molecular formula is C27H25N5O3. The van der Waals surface area contributed by atoms with E-state index in [9.17, 15) is 4.79 Å². The van der Waals surface area contributed by atoms with Gasteiger partial charge in [0.2, 0.25) is 11.9 Å².